The number of carbonyl (C=O) groups is 1. The van der Waals surface area contributed by atoms with Gasteiger partial charge in [-0.2, -0.15) is 8.42 Å². The molecule has 0 aliphatic rings. The molecule has 2 rings (SSSR count). The zero-order valence-corrected chi connectivity index (χ0v) is 12.6. The molecule has 1 aromatic carbocycles. The van der Waals surface area contributed by atoms with E-state index in [1.807, 2.05) is 0 Å². The predicted molar refractivity (Wildman–Crippen MR) is 78.5 cm³/mol. The van der Waals surface area contributed by atoms with Crippen LogP contribution in [-0.2, 0) is 10.0 Å². The van der Waals surface area contributed by atoms with Gasteiger partial charge < -0.3 is 5.11 Å². The highest BCUT2D eigenvalue weighted by Crippen LogP contribution is 2.26. The lowest BCUT2D eigenvalue weighted by molar-refractivity contribution is 0.0696. The van der Waals surface area contributed by atoms with E-state index in [0.717, 1.165) is 18.3 Å². The van der Waals surface area contributed by atoms with E-state index in [-0.39, 0.29) is 21.3 Å². The molecule has 0 unspecified atom stereocenters. The predicted octanol–water partition coefficient (Wildman–Crippen LogP) is 2.89. The second-order valence-electron chi connectivity index (χ2n) is 3.92. The van der Waals surface area contributed by atoms with E-state index in [9.17, 15) is 13.2 Å². The van der Waals surface area contributed by atoms with Gasteiger partial charge in [0.25, 0.3) is 10.0 Å². The van der Waals surface area contributed by atoms with E-state index in [2.05, 4.69) is 9.71 Å². The largest absolute Gasteiger partial charge is 0.478 e. The number of aromatic carboxylic acids is 1. The number of hydrogen-bond donors (Lipinski definition) is 2. The Morgan fingerprint density at radius 3 is 2.38 bits per heavy atom. The first kappa shape index (κ1) is 15.6. The van der Waals surface area contributed by atoms with E-state index in [0.29, 0.717) is 5.02 Å². The lowest BCUT2D eigenvalue weighted by Crippen LogP contribution is -2.14. The maximum Gasteiger partial charge on any atom is 0.337 e. The van der Waals surface area contributed by atoms with Crippen molar-refractivity contribution < 1.29 is 18.3 Å². The normalized spacial score (nSPS) is 11.1. The smallest absolute Gasteiger partial charge is 0.337 e. The first-order valence-corrected chi connectivity index (χ1v) is 7.71. The second kappa shape index (κ2) is 5.88. The van der Waals surface area contributed by atoms with Gasteiger partial charge in [-0.3, -0.25) is 4.72 Å². The van der Waals surface area contributed by atoms with E-state index < -0.39 is 16.0 Å². The SMILES string of the molecule is O=C(O)c1ccc(S(=O)(=O)Nc2ccc(Cl)c(Cl)c2)nc1. The van der Waals surface area contributed by atoms with Crippen LogP contribution in [0.2, 0.25) is 10.0 Å². The molecule has 0 aliphatic heterocycles. The molecule has 2 aromatic rings. The number of anilines is 1. The molecule has 0 radical (unpaired) electrons. The summed E-state index contributed by atoms with van der Waals surface area (Å²) in [6, 6.07) is 6.50. The number of nitrogens with zero attached hydrogens (tertiary/aromatic N) is 1. The van der Waals surface area contributed by atoms with Crippen molar-refractivity contribution in [3.05, 3.63) is 52.1 Å². The third kappa shape index (κ3) is 3.63. The van der Waals surface area contributed by atoms with Crippen molar-refractivity contribution in [2.75, 3.05) is 4.72 Å². The first-order valence-electron chi connectivity index (χ1n) is 5.47. The van der Waals surface area contributed by atoms with Crippen LogP contribution in [0.15, 0.2) is 41.6 Å². The monoisotopic (exact) mass is 346 g/mol. The van der Waals surface area contributed by atoms with Crippen LogP contribution in [0.5, 0.6) is 0 Å². The van der Waals surface area contributed by atoms with Crippen LogP contribution in [0, 0.1) is 0 Å². The number of rotatable bonds is 4. The molecule has 6 nitrogen and oxygen atoms in total. The highest BCUT2D eigenvalue weighted by Gasteiger charge is 2.17. The average Bonchev–Trinajstić information content (AvgIpc) is 2.43. The van der Waals surface area contributed by atoms with Crippen molar-refractivity contribution in [1.82, 2.24) is 4.98 Å². The fourth-order valence-corrected chi connectivity index (χ4v) is 2.71. The van der Waals surface area contributed by atoms with Gasteiger partial charge in [-0.15, -0.1) is 0 Å². The quantitative estimate of drug-likeness (QED) is 0.887. The van der Waals surface area contributed by atoms with Gasteiger partial charge in [0.2, 0.25) is 0 Å². The number of carboxylic acid groups (broad SMARTS) is 1. The summed E-state index contributed by atoms with van der Waals surface area (Å²) in [4.78, 5) is 14.3. The molecular formula is C12H8Cl2N2O4S. The van der Waals surface area contributed by atoms with Crippen LogP contribution >= 0.6 is 23.2 Å². The van der Waals surface area contributed by atoms with Crippen LogP contribution in [0.25, 0.3) is 0 Å². The molecule has 0 aliphatic carbocycles. The van der Waals surface area contributed by atoms with E-state index in [1.165, 1.54) is 18.2 Å². The minimum atomic E-state index is -3.94. The molecule has 1 heterocycles. The van der Waals surface area contributed by atoms with Crippen molar-refractivity contribution in [3.63, 3.8) is 0 Å². The summed E-state index contributed by atoms with van der Waals surface area (Å²) in [5, 5.41) is 8.93. The fraction of sp³-hybridized carbons (Fsp3) is 0. The number of benzene rings is 1. The molecule has 2 N–H and O–H groups in total. The number of aromatic nitrogens is 1. The fourth-order valence-electron chi connectivity index (χ4n) is 1.43. The Hall–Kier alpha value is -1.83. The third-order valence-electron chi connectivity index (χ3n) is 2.43. The number of carboxylic acids is 1. The van der Waals surface area contributed by atoms with Crippen LogP contribution in [-0.4, -0.2) is 24.5 Å². The van der Waals surface area contributed by atoms with Gasteiger partial charge in [0.15, 0.2) is 5.03 Å². The summed E-state index contributed by atoms with van der Waals surface area (Å²) < 4.78 is 26.4. The summed E-state index contributed by atoms with van der Waals surface area (Å²) in [5.41, 5.74) is 0.108. The highest BCUT2D eigenvalue weighted by atomic mass is 35.5. The van der Waals surface area contributed by atoms with E-state index >= 15 is 0 Å². The first-order chi connectivity index (χ1) is 9.79. The van der Waals surface area contributed by atoms with E-state index in [4.69, 9.17) is 28.3 Å². The van der Waals surface area contributed by atoms with Crippen LogP contribution in [0.3, 0.4) is 0 Å². The van der Waals surface area contributed by atoms with E-state index in [1.54, 1.807) is 0 Å². The topological polar surface area (TPSA) is 96.4 Å². The summed E-state index contributed by atoms with van der Waals surface area (Å²) >= 11 is 11.5. The van der Waals surface area contributed by atoms with Crippen molar-refractivity contribution >= 4 is 44.9 Å². The Labute approximate surface area is 130 Å². The average molecular weight is 347 g/mol. The maximum atomic E-state index is 12.1. The van der Waals surface area contributed by atoms with Crippen molar-refractivity contribution in [2.24, 2.45) is 0 Å². The van der Waals surface area contributed by atoms with Gasteiger partial charge in [-0.25, -0.2) is 9.78 Å². The highest BCUT2D eigenvalue weighted by molar-refractivity contribution is 7.92. The molecule has 0 saturated heterocycles. The summed E-state index contributed by atoms with van der Waals surface area (Å²) in [7, 11) is -3.94. The maximum absolute atomic E-state index is 12.1. The molecule has 9 heteroatoms. The molecule has 0 atom stereocenters. The molecule has 0 fully saturated rings. The number of pyridine rings is 1. The van der Waals surface area contributed by atoms with Crippen molar-refractivity contribution in [1.29, 1.82) is 0 Å². The Morgan fingerprint density at radius 1 is 1.14 bits per heavy atom. The zero-order valence-electron chi connectivity index (χ0n) is 10.2. The number of sulfonamides is 1. The number of halogens is 2. The van der Waals surface area contributed by atoms with Gasteiger partial charge in [-0.05, 0) is 30.3 Å². The Balaban J connectivity index is 2.29. The Morgan fingerprint density at radius 2 is 1.86 bits per heavy atom. The van der Waals surface area contributed by atoms with Crippen LogP contribution in [0.1, 0.15) is 10.4 Å². The number of hydrogen-bond acceptors (Lipinski definition) is 4. The van der Waals surface area contributed by atoms with Crippen molar-refractivity contribution in [2.45, 2.75) is 5.03 Å². The minimum Gasteiger partial charge on any atom is -0.478 e. The Bertz CT molecular complexity index is 791. The third-order valence-corrected chi connectivity index (χ3v) is 4.47. The summed E-state index contributed by atoms with van der Waals surface area (Å²) in [6.07, 6.45) is 0.964. The van der Waals surface area contributed by atoms with Gasteiger partial charge in [-0.1, -0.05) is 23.2 Å². The standard InChI is InChI=1S/C12H8Cl2N2O4S/c13-9-3-2-8(5-10(9)14)16-21(19,20)11-4-1-7(6-15-11)12(17)18/h1-6,16H,(H,17,18). The van der Waals surface area contributed by atoms with Crippen LogP contribution < -0.4 is 4.72 Å². The van der Waals surface area contributed by atoms with Gasteiger partial charge in [0.1, 0.15) is 0 Å². The molecule has 0 amide bonds. The molecule has 0 saturated carbocycles. The van der Waals surface area contributed by atoms with Gasteiger partial charge in [0.05, 0.1) is 21.3 Å². The Kier molecular flexibility index (Phi) is 4.36. The minimum absolute atomic E-state index is 0.108. The summed E-state index contributed by atoms with van der Waals surface area (Å²) in [5.74, 6) is -1.19. The zero-order chi connectivity index (χ0) is 15.6. The van der Waals surface area contributed by atoms with Gasteiger partial charge >= 0.3 is 5.97 Å². The number of nitrogens with one attached hydrogen (secondary N) is 1. The second-order valence-corrected chi connectivity index (χ2v) is 6.37. The van der Waals surface area contributed by atoms with Crippen molar-refractivity contribution in [3.8, 4) is 0 Å². The molecule has 110 valence electrons. The molecule has 0 bridgehead atoms. The van der Waals surface area contributed by atoms with Gasteiger partial charge in [0, 0.05) is 6.20 Å². The van der Waals surface area contributed by atoms with Crippen LogP contribution in [0.4, 0.5) is 5.69 Å². The molecular weight excluding hydrogens is 339 g/mol. The molecule has 21 heavy (non-hydrogen) atoms. The lowest BCUT2D eigenvalue weighted by Gasteiger charge is -2.08. The molecule has 0 spiro atoms. The summed E-state index contributed by atoms with van der Waals surface area (Å²) in [6.45, 7) is 0. The lowest BCUT2D eigenvalue weighted by atomic mass is 10.3. The molecule has 1 aromatic heterocycles.